The maximum absolute atomic E-state index is 12.8. The minimum atomic E-state index is -3.60. The molecule has 166 valence electrons. The number of methoxy groups -OCH3 is 1. The molecule has 2 aromatic heterocycles. The molecular weight excluding hydrogens is 430 g/mol. The van der Waals surface area contributed by atoms with Crippen LogP contribution in [0.15, 0.2) is 53.4 Å². The fraction of sp³-hybridized carbons (Fsp3) is 0.227. The number of para-hydroxylation sites is 2. The molecule has 4 rings (SSSR count). The smallest absolute Gasteiger partial charge is 0.343 e. The molecule has 0 aliphatic rings. The molecule has 32 heavy (non-hydrogen) atoms. The van der Waals surface area contributed by atoms with Gasteiger partial charge in [-0.2, -0.15) is 4.31 Å². The van der Waals surface area contributed by atoms with Gasteiger partial charge in [-0.1, -0.05) is 26.0 Å². The first-order valence-corrected chi connectivity index (χ1v) is 11.5. The molecule has 4 aromatic rings. The highest BCUT2D eigenvalue weighted by molar-refractivity contribution is 7.89. The highest BCUT2D eigenvalue weighted by Crippen LogP contribution is 2.32. The van der Waals surface area contributed by atoms with Crippen LogP contribution in [0.4, 0.5) is 5.82 Å². The summed E-state index contributed by atoms with van der Waals surface area (Å²) < 4.78 is 33.5. The van der Waals surface area contributed by atoms with Crippen molar-refractivity contribution < 1.29 is 17.9 Å². The third kappa shape index (κ3) is 3.37. The Hall–Kier alpha value is -3.50. The molecule has 0 unspecified atom stereocenters. The lowest BCUT2D eigenvalue weighted by Crippen LogP contribution is -2.30. The summed E-state index contributed by atoms with van der Waals surface area (Å²) in [6, 6.07) is 13.6. The molecule has 2 heterocycles. The van der Waals surface area contributed by atoms with Crippen molar-refractivity contribution in [3.63, 3.8) is 0 Å². The molecule has 9 nitrogen and oxygen atoms in total. The molecule has 0 aliphatic heterocycles. The van der Waals surface area contributed by atoms with Gasteiger partial charge in [-0.3, -0.25) is 4.57 Å². The summed E-state index contributed by atoms with van der Waals surface area (Å²) in [4.78, 5) is 21.9. The number of carbonyl (C=O) groups is 1. The minimum Gasteiger partial charge on any atom is -0.465 e. The first-order chi connectivity index (χ1) is 15.3. The molecule has 2 N–H and O–H groups in total. The van der Waals surface area contributed by atoms with Crippen LogP contribution in [0.2, 0.25) is 0 Å². The molecule has 0 aliphatic carbocycles. The fourth-order valence-corrected chi connectivity index (χ4v) is 5.16. The van der Waals surface area contributed by atoms with Crippen molar-refractivity contribution in [3.05, 3.63) is 54.1 Å². The number of anilines is 1. The summed E-state index contributed by atoms with van der Waals surface area (Å²) in [6.07, 6.45) is 0. The van der Waals surface area contributed by atoms with E-state index in [1.807, 2.05) is 18.2 Å². The van der Waals surface area contributed by atoms with Crippen LogP contribution in [0.1, 0.15) is 24.2 Å². The van der Waals surface area contributed by atoms with Gasteiger partial charge in [0.15, 0.2) is 5.65 Å². The zero-order valence-electron chi connectivity index (χ0n) is 17.9. The Labute approximate surface area is 185 Å². The second-order valence-corrected chi connectivity index (χ2v) is 8.99. The summed E-state index contributed by atoms with van der Waals surface area (Å²) in [5, 5.41) is 0. The van der Waals surface area contributed by atoms with Crippen molar-refractivity contribution in [2.45, 2.75) is 18.7 Å². The number of carbonyl (C=O) groups excluding carboxylic acids is 1. The number of nitrogens with zero attached hydrogens (tertiary/aromatic N) is 4. The number of ether oxygens (including phenoxy) is 1. The van der Waals surface area contributed by atoms with Crippen molar-refractivity contribution in [1.82, 2.24) is 18.8 Å². The van der Waals surface area contributed by atoms with Crippen molar-refractivity contribution >= 4 is 44.0 Å². The number of fused-ring (bicyclic) bond motifs is 2. The number of sulfonamides is 1. The minimum absolute atomic E-state index is 0.112. The number of nitrogen functional groups attached to an aromatic ring is 1. The molecular formula is C22H23N5O4S. The lowest BCUT2D eigenvalue weighted by molar-refractivity contribution is 0.0604. The van der Waals surface area contributed by atoms with Crippen LogP contribution in [-0.2, 0) is 14.8 Å². The maximum Gasteiger partial charge on any atom is 0.343 e. The van der Waals surface area contributed by atoms with Crippen molar-refractivity contribution in [3.8, 4) is 5.69 Å². The van der Waals surface area contributed by atoms with E-state index >= 15 is 0 Å². The molecule has 0 radical (unpaired) electrons. The molecule has 2 aromatic carbocycles. The van der Waals surface area contributed by atoms with Crippen LogP contribution in [-0.4, -0.2) is 53.4 Å². The molecule has 0 fully saturated rings. The average Bonchev–Trinajstić information content (AvgIpc) is 3.08. The van der Waals surface area contributed by atoms with E-state index in [1.54, 1.807) is 36.6 Å². The van der Waals surface area contributed by atoms with Gasteiger partial charge in [-0.05, 0) is 36.4 Å². The first kappa shape index (κ1) is 21.7. The van der Waals surface area contributed by atoms with Gasteiger partial charge in [0, 0.05) is 18.8 Å². The highest BCUT2D eigenvalue weighted by atomic mass is 32.2. The van der Waals surface area contributed by atoms with Gasteiger partial charge >= 0.3 is 5.97 Å². The Morgan fingerprint density at radius 2 is 1.62 bits per heavy atom. The van der Waals surface area contributed by atoms with E-state index in [2.05, 4.69) is 9.97 Å². The van der Waals surface area contributed by atoms with Crippen molar-refractivity contribution in [2.75, 3.05) is 25.9 Å². The fourth-order valence-electron chi connectivity index (χ4n) is 3.71. The zero-order chi connectivity index (χ0) is 23.0. The van der Waals surface area contributed by atoms with Crippen LogP contribution in [0.25, 0.3) is 27.9 Å². The molecule has 0 saturated heterocycles. The van der Waals surface area contributed by atoms with Crippen LogP contribution in [0, 0.1) is 0 Å². The van der Waals surface area contributed by atoms with E-state index in [9.17, 15) is 13.2 Å². The van der Waals surface area contributed by atoms with E-state index in [4.69, 9.17) is 10.5 Å². The number of rotatable bonds is 6. The van der Waals surface area contributed by atoms with Crippen LogP contribution in [0.3, 0.4) is 0 Å². The molecule has 0 bridgehead atoms. The highest BCUT2D eigenvalue weighted by Gasteiger charge is 2.26. The van der Waals surface area contributed by atoms with Gasteiger partial charge in [-0.25, -0.2) is 23.2 Å². The summed E-state index contributed by atoms with van der Waals surface area (Å²) in [5.74, 6) is -0.516. The standard InChI is InChI=1S/C22H23N5O4S/c1-4-26(5-2)32(29,30)15-12-10-14(11-13-15)27-20(23)18(22(28)31-3)19-21(27)25-17-9-7-6-8-16(17)24-19/h6-13H,4-5,23H2,1-3H3. The van der Waals surface area contributed by atoms with E-state index in [0.29, 0.717) is 41.0 Å². The molecule has 10 heteroatoms. The topological polar surface area (TPSA) is 120 Å². The monoisotopic (exact) mass is 453 g/mol. The van der Waals surface area contributed by atoms with Gasteiger partial charge in [0.25, 0.3) is 0 Å². The number of nitrogens with two attached hydrogens (primary N) is 1. The quantitative estimate of drug-likeness (QED) is 0.446. The SMILES string of the molecule is CCN(CC)S(=O)(=O)c1ccc(-n2c(N)c(C(=O)OC)c3nc4ccccc4nc32)cc1. The lowest BCUT2D eigenvalue weighted by atomic mass is 10.2. The summed E-state index contributed by atoms with van der Waals surface area (Å²) >= 11 is 0. The Morgan fingerprint density at radius 3 is 2.19 bits per heavy atom. The number of benzene rings is 2. The second kappa shape index (κ2) is 8.21. The Balaban J connectivity index is 1.94. The van der Waals surface area contributed by atoms with Crippen LogP contribution < -0.4 is 5.73 Å². The van der Waals surface area contributed by atoms with Gasteiger partial charge in [0.2, 0.25) is 10.0 Å². The van der Waals surface area contributed by atoms with E-state index < -0.39 is 16.0 Å². The summed E-state index contributed by atoms with van der Waals surface area (Å²) in [5.41, 5.74) is 8.95. The molecule has 0 saturated carbocycles. The predicted molar refractivity (Wildman–Crippen MR) is 122 cm³/mol. The molecule has 0 atom stereocenters. The van der Waals surface area contributed by atoms with Gasteiger partial charge < -0.3 is 10.5 Å². The van der Waals surface area contributed by atoms with Crippen LogP contribution in [0.5, 0.6) is 0 Å². The van der Waals surface area contributed by atoms with E-state index in [0.717, 1.165) is 0 Å². The van der Waals surface area contributed by atoms with Crippen molar-refractivity contribution in [1.29, 1.82) is 0 Å². The largest absolute Gasteiger partial charge is 0.465 e. The number of aromatic nitrogens is 3. The number of esters is 1. The Bertz CT molecular complexity index is 1420. The van der Waals surface area contributed by atoms with Gasteiger partial charge in [0.05, 0.1) is 23.0 Å². The van der Waals surface area contributed by atoms with E-state index in [1.165, 1.54) is 23.5 Å². The Morgan fingerprint density at radius 1 is 1.03 bits per heavy atom. The second-order valence-electron chi connectivity index (χ2n) is 7.05. The normalized spacial score (nSPS) is 12.0. The average molecular weight is 454 g/mol. The summed E-state index contributed by atoms with van der Waals surface area (Å²) in [7, 11) is -2.33. The zero-order valence-corrected chi connectivity index (χ0v) is 18.8. The van der Waals surface area contributed by atoms with Gasteiger partial charge in [-0.15, -0.1) is 0 Å². The van der Waals surface area contributed by atoms with Crippen LogP contribution >= 0.6 is 0 Å². The van der Waals surface area contributed by atoms with E-state index in [-0.39, 0.29) is 16.3 Å². The Kier molecular flexibility index (Phi) is 5.57. The van der Waals surface area contributed by atoms with Gasteiger partial charge in [0.1, 0.15) is 16.9 Å². The third-order valence-electron chi connectivity index (χ3n) is 5.33. The molecule has 0 amide bonds. The van der Waals surface area contributed by atoms with Crippen molar-refractivity contribution in [2.24, 2.45) is 0 Å². The third-order valence-corrected chi connectivity index (χ3v) is 7.39. The first-order valence-electron chi connectivity index (χ1n) is 10.1. The number of hydrogen-bond donors (Lipinski definition) is 1. The maximum atomic E-state index is 12.8. The molecule has 0 spiro atoms. The summed E-state index contributed by atoms with van der Waals surface area (Å²) in [6.45, 7) is 4.33. The lowest BCUT2D eigenvalue weighted by Gasteiger charge is -2.18. The predicted octanol–water partition coefficient (Wildman–Crippen LogP) is 2.97. The number of hydrogen-bond acceptors (Lipinski definition) is 7.